The van der Waals surface area contributed by atoms with Gasteiger partial charge in [-0.3, -0.25) is 19.1 Å². The Morgan fingerprint density at radius 2 is 1.79 bits per heavy atom. The van der Waals surface area contributed by atoms with Gasteiger partial charge in [-0.15, -0.1) is 0 Å². The Morgan fingerprint density at radius 1 is 1.03 bits per heavy atom. The number of hydrogen-bond acceptors (Lipinski definition) is 6. The number of carbonyl (C=O) groups excluding carboxylic acids is 1. The molecule has 170 valence electrons. The number of para-hydroxylation sites is 2. The van der Waals surface area contributed by atoms with Crippen molar-refractivity contribution in [3.63, 3.8) is 0 Å². The van der Waals surface area contributed by atoms with Crippen molar-refractivity contribution >= 4 is 39.4 Å². The first-order valence-corrected chi connectivity index (χ1v) is 12.2. The maximum Gasteiger partial charge on any atom is 0.262 e. The Labute approximate surface area is 195 Å². The van der Waals surface area contributed by atoms with Crippen molar-refractivity contribution in [3.05, 3.63) is 70.6 Å². The van der Waals surface area contributed by atoms with Gasteiger partial charge in [0.05, 0.1) is 29.9 Å². The molecule has 5 rings (SSSR count). The van der Waals surface area contributed by atoms with Crippen molar-refractivity contribution in [3.8, 4) is 0 Å². The lowest BCUT2D eigenvalue weighted by Gasteiger charge is -2.26. The number of hydrogen-bond donors (Lipinski definition) is 1. The molecule has 1 N–H and O–H groups in total. The molecule has 8 heteroatoms. The minimum absolute atomic E-state index is 0.0136. The van der Waals surface area contributed by atoms with Crippen LogP contribution in [-0.4, -0.2) is 63.8 Å². The lowest BCUT2D eigenvalue weighted by molar-refractivity contribution is 0.0368. The van der Waals surface area contributed by atoms with Crippen molar-refractivity contribution in [1.29, 1.82) is 0 Å². The number of carbonyl (C=O) groups is 1. The summed E-state index contributed by atoms with van der Waals surface area (Å²) in [7, 11) is 0. The quantitative estimate of drug-likeness (QED) is 0.245. The zero-order valence-corrected chi connectivity index (χ0v) is 19.1. The summed E-state index contributed by atoms with van der Waals surface area (Å²) in [5.74, 6) is 0.232. The van der Waals surface area contributed by atoms with E-state index < -0.39 is 0 Å². The Morgan fingerprint density at radius 3 is 2.64 bits per heavy atom. The second kappa shape index (κ2) is 9.91. The number of thioether (sulfide) groups is 1. The first kappa shape index (κ1) is 21.9. The van der Waals surface area contributed by atoms with Gasteiger partial charge < -0.3 is 9.72 Å². The molecule has 0 bridgehead atoms. The maximum absolute atomic E-state index is 13.3. The summed E-state index contributed by atoms with van der Waals surface area (Å²) in [6.07, 6.45) is 2.60. The molecule has 7 nitrogen and oxygen atoms in total. The molecule has 1 saturated heterocycles. The lowest BCUT2D eigenvalue weighted by atomic mass is 10.1. The van der Waals surface area contributed by atoms with Gasteiger partial charge in [0, 0.05) is 48.8 Å². The van der Waals surface area contributed by atoms with Gasteiger partial charge in [-0.25, -0.2) is 4.98 Å². The van der Waals surface area contributed by atoms with E-state index in [1.54, 1.807) is 10.8 Å². The summed E-state index contributed by atoms with van der Waals surface area (Å²) in [4.78, 5) is 36.5. The Balaban J connectivity index is 1.36. The molecule has 1 aliphatic rings. The van der Waals surface area contributed by atoms with Crippen LogP contribution in [0.1, 0.15) is 16.8 Å². The molecular formula is C25H26N4O3S. The number of ether oxygens (including phenoxy) is 1. The van der Waals surface area contributed by atoms with Gasteiger partial charge in [0.25, 0.3) is 5.56 Å². The summed E-state index contributed by atoms with van der Waals surface area (Å²) >= 11 is 1.33. The van der Waals surface area contributed by atoms with Crippen LogP contribution in [-0.2, 0) is 11.3 Å². The van der Waals surface area contributed by atoms with Gasteiger partial charge in [-0.1, -0.05) is 42.1 Å². The van der Waals surface area contributed by atoms with E-state index in [9.17, 15) is 9.59 Å². The predicted octanol–water partition coefficient (Wildman–Crippen LogP) is 3.58. The van der Waals surface area contributed by atoms with Gasteiger partial charge in [0.15, 0.2) is 10.9 Å². The number of fused-ring (bicyclic) bond motifs is 2. The topological polar surface area (TPSA) is 80.2 Å². The van der Waals surface area contributed by atoms with Crippen LogP contribution >= 0.6 is 11.8 Å². The van der Waals surface area contributed by atoms with E-state index in [2.05, 4.69) is 9.88 Å². The summed E-state index contributed by atoms with van der Waals surface area (Å²) in [5, 5.41) is 2.11. The smallest absolute Gasteiger partial charge is 0.262 e. The van der Waals surface area contributed by atoms with Gasteiger partial charge in [0.1, 0.15) is 0 Å². The highest BCUT2D eigenvalue weighted by molar-refractivity contribution is 7.99. The van der Waals surface area contributed by atoms with Crippen LogP contribution in [0.25, 0.3) is 21.8 Å². The normalized spacial score (nSPS) is 14.8. The van der Waals surface area contributed by atoms with Gasteiger partial charge in [-0.05, 0) is 24.6 Å². The molecule has 0 amide bonds. The second-order valence-electron chi connectivity index (χ2n) is 8.14. The summed E-state index contributed by atoms with van der Waals surface area (Å²) < 4.78 is 7.15. The average Bonchev–Trinajstić information content (AvgIpc) is 3.29. The van der Waals surface area contributed by atoms with E-state index in [1.165, 1.54) is 11.8 Å². The molecule has 2 aromatic heterocycles. The minimum Gasteiger partial charge on any atom is -0.379 e. The van der Waals surface area contributed by atoms with Crippen LogP contribution in [0.3, 0.4) is 0 Å². The third kappa shape index (κ3) is 4.73. The molecule has 0 radical (unpaired) electrons. The molecule has 33 heavy (non-hydrogen) atoms. The van der Waals surface area contributed by atoms with Crippen molar-refractivity contribution in [2.24, 2.45) is 0 Å². The SMILES string of the molecule is O=C(CSc1nc2ccccc2c(=O)n1CCCN1CCOCC1)c1c[nH]c2ccccc12. The van der Waals surface area contributed by atoms with Crippen LogP contribution in [0.2, 0.25) is 0 Å². The van der Waals surface area contributed by atoms with Crippen molar-refractivity contribution < 1.29 is 9.53 Å². The number of benzene rings is 2. The predicted molar refractivity (Wildman–Crippen MR) is 131 cm³/mol. The van der Waals surface area contributed by atoms with Gasteiger partial charge >= 0.3 is 0 Å². The van der Waals surface area contributed by atoms with Gasteiger partial charge in [0.2, 0.25) is 0 Å². The zero-order valence-electron chi connectivity index (χ0n) is 18.3. The summed E-state index contributed by atoms with van der Waals surface area (Å²) in [6.45, 7) is 4.83. The molecule has 0 saturated carbocycles. The number of nitrogens with one attached hydrogen (secondary N) is 1. The number of ketones is 1. The number of aromatic nitrogens is 3. The van der Waals surface area contributed by atoms with E-state index >= 15 is 0 Å². The molecule has 0 unspecified atom stereocenters. The van der Waals surface area contributed by atoms with Crippen LogP contribution < -0.4 is 5.56 Å². The van der Waals surface area contributed by atoms with Crippen molar-refractivity contribution in [1.82, 2.24) is 19.4 Å². The number of morpholine rings is 1. The highest BCUT2D eigenvalue weighted by atomic mass is 32.2. The average molecular weight is 463 g/mol. The molecule has 0 atom stereocenters. The Bertz CT molecular complexity index is 1340. The highest BCUT2D eigenvalue weighted by Crippen LogP contribution is 2.23. The van der Waals surface area contributed by atoms with E-state index in [4.69, 9.17) is 9.72 Å². The first-order valence-electron chi connectivity index (χ1n) is 11.2. The van der Waals surface area contributed by atoms with Crippen LogP contribution in [0.5, 0.6) is 0 Å². The molecule has 1 aliphatic heterocycles. The molecular weight excluding hydrogens is 436 g/mol. The minimum atomic E-state index is -0.0513. The monoisotopic (exact) mass is 462 g/mol. The van der Waals surface area contributed by atoms with E-state index in [0.717, 1.165) is 50.2 Å². The summed E-state index contributed by atoms with van der Waals surface area (Å²) in [5.41, 5.74) is 2.22. The van der Waals surface area contributed by atoms with Crippen molar-refractivity contribution in [2.45, 2.75) is 18.1 Å². The largest absolute Gasteiger partial charge is 0.379 e. The van der Waals surface area contributed by atoms with Crippen LogP contribution in [0.15, 0.2) is 64.7 Å². The maximum atomic E-state index is 13.3. The number of Topliss-reactive ketones (excluding diaryl/α,β-unsaturated/α-hetero) is 1. The van der Waals surface area contributed by atoms with E-state index in [-0.39, 0.29) is 17.1 Å². The second-order valence-corrected chi connectivity index (χ2v) is 9.08. The summed E-state index contributed by atoms with van der Waals surface area (Å²) in [6, 6.07) is 15.2. The fourth-order valence-corrected chi connectivity index (χ4v) is 5.15. The third-order valence-electron chi connectivity index (χ3n) is 6.01. The van der Waals surface area contributed by atoms with Gasteiger partial charge in [-0.2, -0.15) is 0 Å². The Hall–Kier alpha value is -2.94. The standard InChI is InChI=1S/C25H26N4O3S/c30-23(20-16-26-21-8-3-1-6-18(20)21)17-33-25-27-22-9-4-2-7-19(22)24(31)29(25)11-5-10-28-12-14-32-15-13-28/h1-4,6-9,16,26H,5,10-15,17H2. The third-order valence-corrected chi connectivity index (χ3v) is 6.98. The molecule has 2 aromatic carbocycles. The van der Waals surface area contributed by atoms with Crippen molar-refractivity contribution in [2.75, 3.05) is 38.6 Å². The number of aromatic amines is 1. The first-order chi connectivity index (χ1) is 16.2. The molecule has 4 aromatic rings. The van der Waals surface area contributed by atoms with E-state index in [0.29, 0.717) is 28.2 Å². The molecule has 1 fully saturated rings. The molecule has 0 aliphatic carbocycles. The zero-order chi connectivity index (χ0) is 22.6. The lowest BCUT2D eigenvalue weighted by Crippen LogP contribution is -2.37. The fourth-order valence-electron chi connectivity index (χ4n) is 4.24. The Kier molecular flexibility index (Phi) is 6.57. The number of nitrogens with zero attached hydrogens (tertiary/aromatic N) is 3. The number of rotatable bonds is 8. The van der Waals surface area contributed by atoms with Crippen LogP contribution in [0.4, 0.5) is 0 Å². The highest BCUT2D eigenvalue weighted by Gasteiger charge is 2.17. The number of H-pyrrole nitrogens is 1. The van der Waals surface area contributed by atoms with E-state index in [1.807, 2.05) is 48.5 Å². The molecule has 3 heterocycles. The fraction of sp³-hybridized carbons (Fsp3) is 0.320. The molecule has 0 spiro atoms. The van der Waals surface area contributed by atoms with Crippen LogP contribution in [0, 0.1) is 0 Å².